The first-order valence-corrected chi connectivity index (χ1v) is 7.42. The lowest BCUT2D eigenvalue weighted by atomic mass is 10.0. The van der Waals surface area contributed by atoms with Crippen LogP contribution in [0.5, 0.6) is 5.88 Å². The summed E-state index contributed by atoms with van der Waals surface area (Å²) in [7, 11) is 0. The van der Waals surface area contributed by atoms with Crippen LogP contribution in [0.25, 0.3) is 22.3 Å². The minimum atomic E-state index is -4.59. The third-order valence-electron chi connectivity index (χ3n) is 3.21. The molecule has 1 amide bonds. The lowest BCUT2D eigenvalue weighted by molar-refractivity contribution is -0.0927. The maximum absolute atomic E-state index is 12.9. The smallest absolute Gasteiger partial charge is 0.390 e. The summed E-state index contributed by atoms with van der Waals surface area (Å²) >= 11 is 6.09. The molecule has 0 aliphatic heterocycles. The van der Waals surface area contributed by atoms with E-state index in [1.165, 1.54) is 12.3 Å². The van der Waals surface area contributed by atoms with Crippen molar-refractivity contribution in [1.29, 1.82) is 0 Å². The zero-order chi connectivity index (χ0) is 18.9. The van der Waals surface area contributed by atoms with Gasteiger partial charge in [-0.25, -0.2) is 14.8 Å². The molecule has 6 nitrogen and oxygen atoms in total. The van der Waals surface area contributed by atoms with Crippen molar-refractivity contribution in [1.82, 2.24) is 15.0 Å². The van der Waals surface area contributed by atoms with Gasteiger partial charge in [-0.15, -0.1) is 0 Å². The third kappa shape index (κ3) is 3.99. The number of primary amides is 1. The van der Waals surface area contributed by atoms with Gasteiger partial charge in [0.1, 0.15) is 5.69 Å². The fourth-order valence-electron chi connectivity index (χ4n) is 2.28. The van der Waals surface area contributed by atoms with Crippen LogP contribution in [0.2, 0.25) is 5.02 Å². The monoisotopic (exact) mass is 381 g/mol. The van der Waals surface area contributed by atoms with Crippen molar-refractivity contribution in [2.24, 2.45) is 5.73 Å². The largest absolute Gasteiger partial charge is 0.411 e. The Balaban J connectivity index is 2.20. The molecule has 2 N–H and O–H groups in total. The van der Waals surface area contributed by atoms with Crippen molar-refractivity contribution in [2.45, 2.75) is 6.18 Å². The van der Waals surface area contributed by atoms with E-state index >= 15 is 0 Å². The highest BCUT2D eigenvalue weighted by Crippen LogP contribution is 2.33. The van der Waals surface area contributed by atoms with Gasteiger partial charge in [-0.05, 0) is 17.7 Å². The second kappa shape index (κ2) is 6.75. The second-order valence-electron chi connectivity index (χ2n) is 5.09. The number of aromatic nitrogens is 3. The number of pyridine rings is 1. The zero-order valence-electron chi connectivity index (χ0n) is 12.8. The number of halogens is 4. The number of nitrogens with zero attached hydrogens (tertiary/aromatic N) is 3. The van der Waals surface area contributed by atoms with Crippen LogP contribution in [-0.2, 0) is 0 Å². The Hall–Kier alpha value is -2.94. The van der Waals surface area contributed by atoms with Crippen molar-refractivity contribution in [3.63, 3.8) is 0 Å². The normalized spacial score (nSPS) is 11.5. The van der Waals surface area contributed by atoms with E-state index in [9.17, 15) is 18.0 Å². The van der Waals surface area contributed by atoms with Crippen molar-refractivity contribution >= 4 is 28.6 Å². The number of ether oxygens (including phenoxy) is 1. The second-order valence-corrected chi connectivity index (χ2v) is 5.49. The lowest BCUT2D eigenvalue weighted by Crippen LogP contribution is -2.17. The Labute approximate surface area is 149 Å². The van der Waals surface area contributed by atoms with Gasteiger partial charge >= 0.3 is 12.3 Å². The van der Waals surface area contributed by atoms with Crippen LogP contribution < -0.4 is 10.5 Å². The summed E-state index contributed by atoms with van der Waals surface area (Å²) in [6.07, 6.45) is -3.34. The molecule has 0 unspecified atom stereocenters. The van der Waals surface area contributed by atoms with Gasteiger partial charge in [0.05, 0.1) is 35.0 Å². The van der Waals surface area contributed by atoms with Crippen LogP contribution in [0.15, 0.2) is 36.7 Å². The number of hydrogen-bond acceptors (Lipinski definition) is 5. The molecule has 3 rings (SSSR count). The Kier molecular flexibility index (Phi) is 4.64. The lowest BCUT2D eigenvalue weighted by Gasteiger charge is -2.13. The van der Waals surface area contributed by atoms with Gasteiger partial charge in [-0.3, -0.25) is 4.98 Å². The van der Waals surface area contributed by atoms with Crippen LogP contribution in [0.4, 0.5) is 18.0 Å². The van der Waals surface area contributed by atoms with Gasteiger partial charge in [0.25, 0.3) is 0 Å². The molecule has 1 radical (unpaired) electrons. The van der Waals surface area contributed by atoms with E-state index in [0.29, 0.717) is 10.9 Å². The van der Waals surface area contributed by atoms with Crippen LogP contribution in [0, 0.1) is 6.42 Å². The molecule has 133 valence electrons. The molecule has 0 saturated heterocycles. The van der Waals surface area contributed by atoms with Gasteiger partial charge < -0.3 is 10.5 Å². The molecule has 0 fully saturated rings. The van der Waals surface area contributed by atoms with Crippen molar-refractivity contribution in [3.05, 3.63) is 53.7 Å². The molecule has 0 aliphatic carbocycles. The highest BCUT2D eigenvalue weighted by molar-refractivity contribution is 6.35. The minimum absolute atomic E-state index is 0.0407. The van der Waals surface area contributed by atoms with Gasteiger partial charge in [0.2, 0.25) is 5.88 Å². The molecule has 1 aromatic carbocycles. The molecule has 0 aliphatic rings. The average Bonchev–Trinajstić information content (AvgIpc) is 2.53. The predicted octanol–water partition coefficient (Wildman–Crippen LogP) is 3.92. The first-order valence-electron chi connectivity index (χ1n) is 7.04. The van der Waals surface area contributed by atoms with Crippen LogP contribution in [0.3, 0.4) is 0 Å². The summed E-state index contributed by atoms with van der Waals surface area (Å²) in [4.78, 5) is 22.8. The van der Waals surface area contributed by atoms with Crippen LogP contribution in [-0.4, -0.2) is 27.2 Å². The van der Waals surface area contributed by atoms with Gasteiger partial charge in [-0.1, -0.05) is 23.7 Å². The number of carbonyl (C=O) groups excluding carboxylic acids is 1. The number of rotatable bonds is 3. The van der Waals surface area contributed by atoms with E-state index in [0.717, 1.165) is 6.20 Å². The Morgan fingerprint density at radius 2 is 2.00 bits per heavy atom. The predicted molar refractivity (Wildman–Crippen MR) is 87.4 cm³/mol. The molecule has 10 heteroatoms. The maximum atomic E-state index is 12.9. The molecule has 3 aromatic rings. The Morgan fingerprint density at radius 3 is 2.69 bits per heavy atom. The summed E-state index contributed by atoms with van der Waals surface area (Å²) in [5.74, 6) is -0.269. The van der Waals surface area contributed by atoms with Crippen molar-refractivity contribution in [3.8, 4) is 17.3 Å². The summed E-state index contributed by atoms with van der Waals surface area (Å²) < 4.78 is 43.4. The highest BCUT2D eigenvalue weighted by atomic mass is 35.5. The fourth-order valence-corrected chi connectivity index (χ4v) is 2.51. The standard InChI is InChI=1S/C16H9ClF3N4O2/c17-10-3-1-2-8-4-9(5-16(18,19)20)14(24-13(8)10)11-6-22-7-12(23-11)26-15(21)25/h1-7H,(H2,21,25). The van der Waals surface area contributed by atoms with E-state index < -0.39 is 12.3 Å². The molecule has 2 aromatic heterocycles. The number of para-hydroxylation sites is 1. The topological polar surface area (TPSA) is 91.0 Å². The average molecular weight is 382 g/mol. The number of benzene rings is 1. The van der Waals surface area contributed by atoms with Gasteiger partial charge in [-0.2, -0.15) is 13.2 Å². The number of nitrogens with two attached hydrogens (primary N) is 1. The molecule has 0 saturated carbocycles. The quantitative estimate of drug-likeness (QED) is 0.742. The SMILES string of the molecule is NC(=O)Oc1cncc(-c2nc3c(Cl)cccc3cc2[CH]C(F)(F)F)n1. The number of amides is 1. The molecule has 0 bridgehead atoms. The molecule has 2 heterocycles. The molecular weight excluding hydrogens is 373 g/mol. The molecule has 26 heavy (non-hydrogen) atoms. The number of carbonyl (C=O) groups is 1. The summed E-state index contributed by atoms with van der Waals surface area (Å²) in [5.41, 5.74) is 4.80. The van der Waals surface area contributed by atoms with Crippen molar-refractivity contribution in [2.75, 3.05) is 0 Å². The summed E-state index contributed by atoms with van der Waals surface area (Å²) in [6.45, 7) is 0. The maximum Gasteiger partial charge on any atom is 0.411 e. The van der Waals surface area contributed by atoms with Gasteiger partial charge in [0, 0.05) is 5.39 Å². The zero-order valence-corrected chi connectivity index (χ0v) is 13.5. The Morgan fingerprint density at radius 1 is 1.23 bits per heavy atom. The minimum Gasteiger partial charge on any atom is -0.390 e. The van der Waals surface area contributed by atoms with E-state index in [-0.39, 0.29) is 34.3 Å². The van der Waals surface area contributed by atoms with Crippen molar-refractivity contribution < 1.29 is 22.7 Å². The number of fused-ring (bicyclic) bond motifs is 1. The summed E-state index contributed by atoms with van der Waals surface area (Å²) in [6, 6.07) is 6.04. The molecule has 0 spiro atoms. The summed E-state index contributed by atoms with van der Waals surface area (Å²) in [5, 5.41) is 0.689. The van der Waals surface area contributed by atoms with Crippen LogP contribution >= 0.6 is 11.6 Å². The molecule has 0 atom stereocenters. The van der Waals surface area contributed by atoms with E-state index in [1.54, 1.807) is 18.2 Å². The van der Waals surface area contributed by atoms with E-state index in [2.05, 4.69) is 19.7 Å². The third-order valence-corrected chi connectivity index (χ3v) is 3.51. The molecular formula is C16H9ClF3N4O2. The first-order chi connectivity index (χ1) is 12.2. The number of alkyl halides is 3. The fraction of sp³-hybridized carbons (Fsp3) is 0.0625. The van der Waals surface area contributed by atoms with E-state index in [1.807, 2.05) is 0 Å². The first kappa shape index (κ1) is 17.9. The van der Waals surface area contributed by atoms with Crippen LogP contribution in [0.1, 0.15) is 5.56 Å². The van der Waals surface area contributed by atoms with E-state index in [4.69, 9.17) is 17.3 Å². The van der Waals surface area contributed by atoms with Gasteiger partial charge in [0.15, 0.2) is 0 Å². The number of hydrogen-bond donors (Lipinski definition) is 1. The highest BCUT2D eigenvalue weighted by Gasteiger charge is 2.31. The Bertz CT molecular complexity index is 995.